The van der Waals surface area contributed by atoms with Crippen molar-refractivity contribution in [1.29, 1.82) is 0 Å². The number of nitrogens with one attached hydrogen (secondary N) is 1. The molecule has 0 bridgehead atoms. The zero-order valence-electron chi connectivity index (χ0n) is 7.28. The molecule has 1 N–H and O–H groups in total. The third-order valence-corrected chi connectivity index (χ3v) is 2.74. The molecule has 0 saturated heterocycles. The molecule has 0 aromatic heterocycles. The highest BCUT2D eigenvalue weighted by Crippen LogP contribution is 2.31. The Morgan fingerprint density at radius 2 is 2.27 bits per heavy atom. The van der Waals surface area contributed by atoms with Gasteiger partial charge in [0.2, 0.25) is 0 Å². The summed E-state index contributed by atoms with van der Waals surface area (Å²) in [6, 6.07) is 0.688. The van der Waals surface area contributed by atoms with E-state index in [1.807, 2.05) is 0 Å². The van der Waals surface area contributed by atoms with E-state index in [-0.39, 0.29) is 0 Å². The van der Waals surface area contributed by atoms with Crippen molar-refractivity contribution >= 4 is 15.9 Å². The summed E-state index contributed by atoms with van der Waals surface area (Å²) in [4.78, 5) is 0. The Bertz CT molecular complexity index is 102. The second kappa shape index (κ2) is 5.15. The van der Waals surface area contributed by atoms with E-state index in [0.29, 0.717) is 6.04 Å². The van der Waals surface area contributed by atoms with Crippen LogP contribution in [0.3, 0.4) is 0 Å². The van der Waals surface area contributed by atoms with Crippen LogP contribution < -0.4 is 5.32 Å². The average Bonchev–Trinajstić information content (AvgIpc) is 2.72. The van der Waals surface area contributed by atoms with Gasteiger partial charge in [0.15, 0.2) is 0 Å². The van der Waals surface area contributed by atoms with Gasteiger partial charge in [0.25, 0.3) is 0 Å². The van der Waals surface area contributed by atoms with Crippen LogP contribution in [0.25, 0.3) is 0 Å². The molecule has 1 atom stereocenters. The third-order valence-electron chi connectivity index (χ3n) is 2.28. The van der Waals surface area contributed by atoms with Gasteiger partial charge in [-0.15, -0.1) is 0 Å². The molecule has 0 aliphatic heterocycles. The number of hydrogen-bond donors (Lipinski definition) is 1. The summed E-state index contributed by atoms with van der Waals surface area (Å²) in [5.41, 5.74) is 0. The minimum atomic E-state index is 0.688. The lowest BCUT2D eigenvalue weighted by atomic mass is 10.2. The third kappa shape index (κ3) is 4.81. The second-order valence-corrected chi connectivity index (χ2v) is 4.36. The molecular formula is C9H18BrN. The van der Waals surface area contributed by atoms with Crippen molar-refractivity contribution in [3.63, 3.8) is 0 Å². The van der Waals surface area contributed by atoms with Gasteiger partial charge >= 0.3 is 0 Å². The van der Waals surface area contributed by atoms with Gasteiger partial charge in [0, 0.05) is 11.4 Å². The summed E-state index contributed by atoms with van der Waals surface area (Å²) >= 11 is 3.44. The first-order valence-corrected chi connectivity index (χ1v) is 5.74. The zero-order chi connectivity index (χ0) is 8.10. The Morgan fingerprint density at radius 1 is 1.55 bits per heavy atom. The van der Waals surface area contributed by atoms with Crippen LogP contribution in [0.15, 0.2) is 0 Å². The summed E-state index contributed by atoms with van der Waals surface area (Å²) in [5, 5.41) is 4.64. The molecule has 2 heteroatoms. The minimum Gasteiger partial charge on any atom is -0.314 e. The second-order valence-electron chi connectivity index (χ2n) is 3.56. The normalized spacial score (nSPS) is 20.2. The van der Waals surface area contributed by atoms with E-state index in [4.69, 9.17) is 0 Å². The fourth-order valence-electron chi connectivity index (χ4n) is 1.21. The Hall–Kier alpha value is 0.440. The van der Waals surface area contributed by atoms with Crippen LogP contribution in [0.4, 0.5) is 0 Å². The molecule has 1 aliphatic carbocycles. The van der Waals surface area contributed by atoms with E-state index in [9.17, 15) is 0 Å². The van der Waals surface area contributed by atoms with Gasteiger partial charge in [-0.2, -0.15) is 0 Å². The van der Waals surface area contributed by atoms with Crippen molar-refractivity contribution in [3.8, 4) is 0 Å². The molecule has 0 amide bonds. The number of halogens is 1. The summed E-state index contributed by atoms with van der Waals surface area (Å²) < 4.78 is 0. The lowest BCUT2D eigenvalue weighted by Crippen LogP contribution is -2.27. The Kier molecular flexibility index (Phi) is 4.46. The van der Waals surface area contributed by atoms with Crippen LogP contribution in [-0.2, 0) is 0 Å². The smallest absolute Gasteiger partial charge is 0.00466 e. The number of hydrogen-bond acceptors (Lipinski definition) is 1. The van der Waals surface area contributed by atoms with Crippen molar-refractivity contribution in [2.24, 2.45) is 5.92 Å². The van der Waals surface area contributed by atoms with Crippen LogP contribution in [0.1, 0.15) is 32.6 Å². The van der Waals surface area contributed by atoms with Crippen molar-refractivity contribution in [2.75, 3.05) is 11.9 Å². The molecule has 11 heavy (non-hydrogen) atoms. The molecule has 66 valence electrons. The van der Waals surface area contributed by atoms with Crippen LogP contribution in [-0.4, -0.2) is 17.9 Å². The van der Waals surface area contributed by atoms with Crippen molar-refractivity contribution in [2.45, 2.75) is 38.6 Å². The fourth-order valence-corrected chi connectivity index (χ4v) is 1.89. The van der Waals surface area contributed by atoms with E-state index in [2.05, 4.69) is 28.2 Å². The van der Waals surface area contributed by atoms with Gasteiger partial charge in [-0.05, 0) is 32.2 Å². The highest BCUT2D eigenvalue weighted by molar-refractivity contribution is 9.09. The number of rotatable bonds is 6. The first-order chi connectivity index (χ1) is 5.33. The summed E-state index contributed by atoms with van der Waals surface area (Å²) in [7, 11) is 0. The van der Waals surface area contributed by atoms with Crippen LogP contribution in [0.2, 0.25) is 0 Å². The quantitative estimate of drug-likeness (QED) is 0.678. The lowest BCUT2D eigenvalue weighted by Gasteiger charge is -2.11. The molecule has 1 unspecified atom stereocenters. The molecular weight excluding hydrogens is 202 g/mol. The van der Waals surface area contributed by atoms with Gasteiger partial charge in [0.05, 0.1) is 0 Å². The van der Waals surface area contributed by atoms with Crippen molar-refractivity contribution in [1.82, 2.24) is 5.32 Å². The Morgan fingerprint density at radius 3 is 2.82 bits per heavy atom. The lowest BCUT2D eigenvalue weighted by molar-refractivity contribution is 0.514. The molecule has 0 heterocycles. The molecule has 0 aromatic carbocycles. The van der Waals surface area contributed by atoms with Gasteiger partial charge in [-0.25, -0.2) is 0 Å². The number of alkyl halides is 1. The monoisotopic (exact) mass is 219 g/mol. The van der Waals surface area contributed by atoms with Crippen molar-refractivity contribution < 1.29 is 0 Å². The highest BCUT2D eigenvalue weighted by Gasteiger charge is 2.20. The molecule has 1 aliphatic rings. The first kappa shape index (κ1) is 9.53. The van der Waals surface area contributed by atoms with Gasteiger partial charge in [-0.1, -0.05) is 28.8 Å². The molecule has 1 rings (SSSR count). The molecule has 1 nitrogen and oxygen atoms in total. The predicted molar refractivity (Wildman–Crippen MR) is 53.2 cm³/mol. The SMILES string of the molecule is CC(CCBr)NCCC1CC1. The van der Waals surface area contributed by atoms with Crippen LogP contribution >= 0.6 is 15.9 Å². The zero-order valence-corrected chi connectivity index (χ0v) is 8.86. The minimum absolute atomic E-state index is 0.688. The van der Waals surface area contributed by atoms with Gasteiger partial charge < -0.3 is 5.32 Å². The summed E-state index contributed by atoms with van der Waals surface area (Å²) in [6.45, 7) is 3.48. The molecule has 0 aromatic rings. The molecule has 1 fully saturated rings. The van der Waals surface area contributed by atoms with E-state index in [1.165, 1.54) is 32.2 Å². The highest BCUT2D eigenvalue weighted by atomic mass is 79.9. The largest absolute Gasteiger partial charge is 0.314 e. The molecule has 0 spiro atoms. The fraction of sp³-hybridized carbons (Fsp3) is 1.00. The topological polar surface area (TPSA) is 12.0 Å². The Balaban J connectivity index is 1.84. The summed E-state index contributed by atoms with van der Waals surface area (Å²) in [6.07, 6.45) is 5.60. The molecule has 1 saturated carbocycles. The predicted octanol–water partition coefficient (Wildman–Crippen LogP) is 2.55. The van der Waals surface area contributed by atoms with E-state index in [1.54, 1.807) is 0 Å². The van der Waals surface area contributed by atoms with Gasteiger partial charge in [-0.3, -0.25) is 0 Å². The van der Waals surface area contributed by atoms with Gasteiger partial charge in [0.1, 0.15) is 0 Å². The maximum atomic E-state index is 3.52. The standard InChI is InChI=1S/C9H18BrN/c1-8(4-6-10)11-7-5-9-2-3-9/h8-9,11H,2-7H2,1H3. The van der Waals surface area contributed by atoms with E-state index in [0.717, 1.165) is 11.2 Å². The Labute approximate surface area is 78.1 Å². The van der Waals surface area contributed by atoms with Crippen molar-refractivity contribution in [3.05, 3.63) is 0 Å². The maximum absolute atomic E-state index is 3.52. The summed E-state index contributed by atoms with van der Waals surface area (Å²) in [5.74, 6) is 1.07. The van der Waals surface area contributed by atoms with E-state index < -0.39 is 0 Å². The van der Waals surface area contributed by atoms with E-state index >= 15 is 0 Å². The maximum Gasteiger partial charge on any atom is 0.00466 e. The van der Waals surface area contributed by atoms with Crippen LogP contribution in [0, 0.1) is 5.92 Å². The van der Waals surface area contributed by atoms with Crippen LogP contribution in [0.5, 0.6) is 0 Å². The first-order valence-electron chi connectivity index (χ1n) is 4.62. The average molecular weight is 220 g/mol. The molecule has 0 radical (unpaired) electrons.